The quantitative estimate of drug-likeness (QED) is 0.334. The summed E-state index contributed by atoms with van der Waals surface area (Å²) in [6.07, 6.45) is 7.92. The Morgan fingerprint density at radius 3 is 2.45 bits per heavy atom. The molecule has 0 saturated carbocycles. The Bertz CT molecular complexity index is 1620. The van der Waals surface area contributed by atoms with Crippen LogP contribution >= 0.6 is 0 Å². The maximum Gasteiger partial charge on any atom is 0.275 e. The minimum atomic E-state index is -0.356. The van der Waals surface area contributed by atoms with Gasteiger partial charge in [-0.3, -0.25) is 19.4 Å². The molecule has 0 unspecified atom stereocenters. The molecule has 228 valence electrons. The van der Waals surface area contributed by atoms with E-state index >= 15 is 0 Å². The van der Waals surface area contributed by atoms with Gasteiger partial charge < -0.3 is 15.5 Å². The van der Waals surface area contributed by atoms with Crippen molar-refractivity contribution < 1.29 is 14.4 Å². The van der Waals surface area contributed by atoms with Crippen LogP contribution in [0, 0.1) is 12.8 Å². The molecular formula is C35H40N6O3. The Balaban J connectivity index is 1.28. The summed E-state index contributed by atoms with van der Waals surface area (Å²) in [5.41, 5.74) is 5.13. The van der Waals surface area contributed by atoms with Gasteiger partial charge in [0.25, 0.3) is 5.91 Å². The van der Waals surface area contributed by atoms with Gasteiger partial charge in [-0.15, -0.1) is 0 Å². The number of hydrogen-bond donors (Lipinski definition) is 2. The molecule has 2 aliphatic rings. The third kappa shape index (κ3) is 7.17. The lowest BCUT2D eigenvalue weighted by atomic mass is 9.91. The van der Waals surface area contributed by atoms with E-state index in [2.05, 4.69) is 37.5 Å². The second kappa shape index (κ2) is 13.0. The average Bonchev–Trinajstić information content (AvgIpc) is 3.23. The maximum atomic E-state index is 13.1. The van der Waals surface area contributed by atoms with E-state index in [1.165, 1.54) is 6.20 Å². The van der Waals surface area contributed by atoms with Crippen LogP contribution in [0.3, 0.4) is 0 Å². The summed E-state index contributed by atoms with van der Waals surface area (Å²) < 4.78 is 0. The Kier molecular flexibility index (Phi) is 9.15. The van der Waals surface area contributed by atoms with Crippen LogP contribution in [0.25, 0.3) is 5.70 Å². The fourth-order valence-electron chi connectivity index (χ4n) is 5.44. The van der Waals surface area contributed by atoms with Crippen molar-refractivity contribution in [3.05, 3.63) is 89.0 Å². The molecule has 2 N–H and O–H groups in total. The number of aromatic nitrogens is 2. The highest BCUT2D eigenvalue weighted by molar-refractivity contribution is 6.45. The topological polar surface area (TPSA) is 117 Å². The molecule has 1 amide bonds. The third-order valence-electron chi connectivity index (χ3n) is 8.24. The first-order valence-electron chi connectivity index (χ1n) is 15.2. The first kappa shape index (κ1) is 30.9. The predicted molar refractivity (Wildman–Crippen MR) is 174 cm³/mol. The molecule has 44 heavy (non-hydrogen) atoms. The number of hydrogen-bond acceptors (Lipinski definition) is 8. The molecule has 9 nitrogen and oxygen atoms in total. The van der Waals surface area contributed by atoms with E-state index in [1.54, 1.807) is 12.3 Å². The number of ketones is 2. The van der Waals surface area contributed by atoms with Crippen molar-refractivity contribution in [1.82, 2.24) is 14.9 Å². The molecule has 1 atom stereocenters. The molecule has 9 heteroatoms. The zero-order valence-electron chi connectivity index (χ0n) is 26.1. The maximum absolute atomic E-state index is 13.1. The normalized spacial score (nSPS) is 17.8. The van der Waals surface area contributed by atoms with Crippen LogP contribution in [0.5, 0.6) is 0 Å². The van der Waals surface area contributed by atoms with Gasteiger partial charge in [0.1, 0.15) is 5.69 Å². The van der Waals surface area contributed by atoms with Crippen LogP contribution in [0.4, 0.5) is 11.4 Å². The number of carbonyl (C=O) groups excluding carboxylic acids is 3. The number of aliphatic imine (C=N–C) groups is 1. The lowest BCUT2D eigenvalue weighted by molar-refractivity contribution is -0.112. The highest BCUT2D eigenvalue weighted by Gasteiger charge is 2.24. The molecule has 0 spiro atoms. The monoisotopic (exact) mass is 592 g/mol. The van der Waals surface area contributed by atoms with Crippen molar-refractivity contribution in [2.75, 3.05) is 30.8 Å². The van der Waals surface area contributed by atoms with Gasteiger partial charge in [-0.25, -0.2) is 9.98 Å². The summed E-state index contributed by atoms with van der Waals surface area (Å²) in [6, 6.07) is 12.9. The molecule has 0 radical (unpaired) electrons. The molecule has 5 rings (SSSR count). The zero-order chi connectivity index (χ0) is 31.4. The van der Waals surface area contributed by atoms with Crippen LogP contribution in [-0.4, -0.2) is 58.3 Å². The van der Waals surface area contributed by atoms with Crippen LogP contribution in [-0.2, 0) is 10.2 Å². The standard InChI is InChI=1S/C35H40N6O3/c1-22-26(9-6-10-27(22)40-34(44)29-20-37-31(21-36-29)35(2,3)4)28-15-16-30(42)33(39-28)38-25-13-11-24(12-14-25)32(43)23-8-7-18-41(5)19-17-23/h6,9-15,20-21,23H,7-8,16-19H2,1-5H3,(H,38,39)(H,40,44)/t23-/m1/s1. The van der Waals surface area contributed by atoms with E-state index in [0.717, 1.165) is 49.2 Å². The van der Waals surface area contributed by atoms with Crippen molar-refractivity contribution >= 4 is 40.4 Å². The van der Waals surface area contributed by atoms with Crippen LogP contribution in [0.1, 0.15) is 84.1 Å². The molecule has 2 aliphatic heterocycles. The van der Waals surface area contributed by atoms with Gasteiger partial charge >= 0.3 is 0 Å². The Labute approximate surface area is 258 Å². The lowest BCUT2D eigenvalue weighted by Crippen LogP contribution is -2.25. The smallest absolute Gasteiger partial charge is 0.275 e. The van der Waals surface area contributed by atoms with Gasteiger partial charge in [0.05, 0.1) is 17.6 Å². The summed E-state index contributed by atoms with van der Waals surface area (Å²) in [6.45, 7) is 9.99. The van der Waals surface area contributed by atoms with Gasteiger partial charge in [-0.05, 0) is 82.2 Å². The predicted octanol–water partition coefficient (Wildman–Crippen LogP) is 6.07. The van der Waals surface area contributed by atoms with Crippen molar-refractivity contribution in [1.29, 1.82) is 0 Å². The largest absolute Gasteiger partial charge is 0.337 e. The number of allylic oxidation sites excluding steroid dienone is 1. The van der Waals surface area contributed by atoms with E-state index < -0.39 is 0 Å². The zero-order valence-corrected chi connectivity index (χ0v) is 26.1. The molecule has 1 saturated heterocycles. The van der Waals surface area contributed by atoms with E-state index in [0.29, 0.717) is 22.6 Å². The highest BCUT2D eigenvalue weighted by atomic mass is 16.2. The van der Waals surface area contributed by atoms with E-state index in [1.807, 2.05) is 70.2 Å². The Morgan fingerprint density at radius 1 is 0.977 bits per heavy atom. The van der Waals surface area contributed by atoms with Crippen LogP contribution < -0.4 is 10.6 Å². The van der Waals surface area contributed by atoms with Crippen molar-refractivity contribution in [3.8, 4) is 0 Å². The number of rotatable bonds is 6. The molecule has 3 heterocycles. The third-order valence-corrected chi connectivity index (χ3v) is 8.24. The van der Waals surface area contributed by atoms with E-state index in [9.17, 15) is 14.4 Å². The lowest BCUT2D eigenvalue weighted by Gasteiger charge is -2.18. The molecule has 0 bridgehead atoms. The minimum Gasteiger partial charge on any atom is -0.337 e. The van der Waals surface area contributed by atoms with Crippen molar-refractivity contribution in [3.63, 3.8) is 0 Å². The average molecular weight is 593 g/mol. The fraction of sp³-hybridized carbons (Fsp3) is 0.371. The van der Waals surface area contributed by atoms with Gasteiger partial charge in [-0.2, -0.15) is 0 Å². The molecule has 2 aromatic carbocycles. The van der Waals surface area contributed by atoms with Crippen molar-refractivity contribution in [2.24, 2.45) is 10.9 Å². The van der Waals surface area contributed by atoms with Crippen molar-refractivity contribution in [2.45, 2.75) is 58.8 Å². The SMILES string of the molecule is Cc1c(NC(=O)c2cnc(C(C)(C)C)cn2)cccc1C1=CCC(=O)C(Nc2ccc(C(=O)[C@@H]3CCCN(C)CC3)cc2)=N1. The summed E-state index contributed by atoms with van der Waals surface area (Å²) >= 11 is 0. The van der Waals surface area contributed by atoms with Gasteiger partial charge in [0.2, 0.25) is 5.78 Å². The second-order valence-corrected chi connectivity index (χ2v) is 12.6. The number of anilines is 2. The molecular weight excluding hydrogens is 552 g/mol. The van der Waals surface area contributed by atoms with Crippen LogP contribution in [0.15, 0.2) is 65.9 Å². The van der Waals surface area contributed by atoms with E-state index in [-0.39, 0.29) is 46.8 Å². The number of amides is 1. The number of Topliss-reactive ketones (excluding diaryl/α,β-unsaturated/α-hetero) is 2. The number of carbonyl (C=O) groups is 3. The van der Waals surface area contributed by atoms with Gasteiger partial charge in [-0.1, -0.05) is 39.0 Å². The second-order valence-electron chi connectivity index (χ2n) is 12.6. The first-order valence-corrected chi connectivity index (χ1v) is 15.2. The summed E-state index contributed by atoms with van der Waals surface area (Å²) in [4.78, 5) is 54.5. The number of nitrogens with one attached hydrogen (secondary N) is 2. The van der Waals surface area contributed by atoms with Gasteiger partial charge in [0.15, 0.2) is 11.6 Å². The summed E-state index contributed by atoms with van der Waals surface area (Å²) in [7, 11) is 2.10. The van der Waals surface area contributed by atoms with Crippen LogP contribution in [0.2, 0.25) is 0 Å². The summed E-state index contributed by atoms with van der Waals surface area (Å²) in [5, 5.41) is 6.09. The first-order chi connectivity index (χ1) is 21.0. The number of likely N-dealkylation sites (tertiary alicyclic amines) is 1. The number of benzene rings is 2. The summed E-state index contributed by atoms with van der Waals surface area (Å²) in [5.74, 6) is -0.0291. The Hall–Kier alpha value is -4.50. The molecule has 3 aromatic rings. The highest BCUT2D eigenvalue weighted by Crippen LogP contribution is 2.29. The molecule has 1 aromatic heterocycles. The van der Waals surface area contributed by atoms with E-state index in [4.69, 9.17) is 0 Å². The number of amidine groups is 1. The fourth-order valence-corrected chi connectivity index (χ4v) is 5.44. The number of nitrogens with zero attached hydrogens (tertiary/aromatic N) is 4. The minimum absolute atomic E-state index is 0.0430. The Morgan fingerprint density at radius 2 is 1.75 bits per heavy atom. The molecule has 1 fully saturated rings. The molecule has 0 aliphatic carbocycles. The van der Waals surface area contributed by atoms with Gasteiger partial charge in [0, 0.05) is 46.5 Å².